The maximum Gasteiger partial charge on any atom is 0.335 e. The van der Waals surface area contributed by atoms with Gasteiger partial charge >= 0.3 is 5.97 Å². The molecule has 2 saturated heterocycles. The molecular formula is C15H26O14. The highest BCUT2D eigenvalue weighted by molar-refractivity contribution is 5.73. The van der Waals surface area contributed by atoms with E-state index in [1.54, 1.807) is 0 Å². The molecule has 2 rings (SSSR count). The fourth-order valence-corrected chi connectivity index (χ4v) is 2.92. The van der Waals surface area contributed by atoms with Crippen molar-refractivity contribution in [2.24, 2.45) is 0 Å². The summed E-state index contributed by atoms with van der Waals surface area (Å²) in [5, 5.41) is 86.6. The lowest BCUT2D eigenvalue weighted by Crippen LogP contribution is -2.65. The van der Waals surface area contributed by atoms with Gasteiger partial charge in [0, 0.05) is 0 Å². The zero-order valence-corrected chi connectivity index (χ0v) is 15.0. The predicted molar refractivity (Wildman–Crippen MR) is 86.0 cm³/mol. The quantitative estimate of drug-likeness (QED) is 0.174. The highest BCUT2D eigenvalue weighted by Gasteiger charge is 2.52. The molecule has 0 bridgehead atoms. The summed E-state index contributed by atoms with van der Waals surface area (Å²) in [6.07, 6.45) is -19.1. The molecule has 0 amide bonds. The minimum Gasteiger partial charge on any atom is -0.479 e. The van der Waals surface area contributed by atoms with Gasteiger partial charge in [-0.25, -0.2) is 4.79 Å². The van der Waals surface area contributed by atoms with Crippen LogP contribution in [0.15, 0.2) is 0 Å². The molecule has 0 spiro atoms. The molecule has 11 atom stereocenters. The Morgan fingerprint density at radius 3 is 2.07 bits per heavy atom. The molecule has 9 N–H and O–H groups in total. The van der Waals surface area contributed by atoms with Gasteiger partial charge in [0.1, 0.15) is 48.8 Å². The summed E-state index contributed by atoms with van der Waals surface area (Å²) in [4.78, 5) is 11.5. The second kappa shape index (κ2) is 10.3. The van der Waals surface area contributed by atoms with E-state index in [4.69, 9.17) is 24.1 Å². The van der Waals surface area contributed by atoms with E-state index in [1.165, 1.54) is 0 Å². The molecule has 0 aromatic rings. The van der Waals surface area contributed by atoms with Gasteiger partial charge in [-0.2, -0.15) is 0 Å². The van der Waals surface area contributed by atoms with Gasteiger partial charge in [-0.3, -0.25) is 0 Å². The molecule has 0 aromatic heterocycles. The van der Waals surface area contributed by atoms with E-state index < -0.39 is 93.3 Å². The first kappa shape index (κ1) is 24.3. The molecule has 2 aliphatic heterocycles. The lowest BCUT2D eigenvalue weighted by molar-refractivity contribution is -0.355. The van der Waals surface area contributed by atoms with E-state index in [0.29, 0.717) is 0 Å². The van der Waals surface area contributed by atoms with E-state index >= 15 is 0 Å². The van der Waals surface area contributed by atoms with Crippen molar-refractivity contribution in [3.63, 3.8) is 0 Å². The van der Waals surface area contributed by atoms with Crippen molar-refractivity contribution in [3.05, 3.63) is 0 Å². The summed E-state index contributed by atoms with van der Waals surface area (Å²) in [5.41, 5.74) is 0. The SMILES string of the molecule is O=C(O)[C@H]1O[C@H](OCC(O)CO)[C@H](O)[C@@H](O)[C@@H]1O[C@H]1O[C@H](CO)[C@@H](O)[C@H](O)[C@H]1O. The van der Waals surface area contributed by atoms with E-state index in [9.17, 15) is 45.6 Å². The van der Waals surface area contributed by atoms with Crippen molar-refractivity contribution >= 4 is 5.97 Å². The van der Waals surface area contributed by atoms with Crippen LogP contribution in [0.3, 0.4) is 0 Å². The van der Waals surface area contributed by atoms with Crippen LogP contribution in [0.2, 0.25) is 0 Å². The number of ether oxygens (including phenoxy) is 4. The molecule has 14 heteroatoms. The number of hydrogen-bond donors (Lipinski definition) is 9. The smallest absolute Gasteiger partial charge is 0.335 e. The molecule has 2 heterocycles. The number of aliphatic carboxylic acids is 1. The number of carboxylic acids is 1. The van der Waals surface area contributed by atoms with Crippen molar-refractivity contribution in [3.8, 4) is 0 Å². The normalized spacial score (nSPS) is 44.4. The summed E-state index contributed by atoms with van der Waals surface area (Å²) in [7, 11) is 0. The standard InChI is InChI=1S/C15H26O14/c16-1-4(18)3-26-14-10(23)8(21)11(12(29-14)13(24)25)28-15-9(22)7(20)6(19)5(2-17)27-15/h4-12,14-23H,1-3H2,(H,24,25)/t4?,5-,6-,7+,8-,9-,10-,11+,12+,14+,15-/m1/s1. The van der Waals surface area contributed by atoms with E-state index in [1.807, 2.05) is 0 Å². The predicted octanol–water partition coefficient (Wildman–Crippen LogP) is -5.93. The number of carbonyl (C=O) groups is 1. The van der Waals surface area contributed by atoms with Gasteiger partial charge in [0.15, 0.2) is 18.7 Å². The molecule has 0 aliphatic carbocycles. The minimum absolute atomic E-state index is 0.532. The second-order valence-electron chi connectivity index (χ2n) is 6.71. The highest BCUT2D eigenvalue weighted by Crippen LogP contribution is 2.29. The Hall–Kier alpha value is -1.01. The van der Waals surface area contributed by atoms with Crippen LogP contribution in [-0.2, 0) is 23.7 Å². The summed E-state index contributed by atoms with van der Waals surface area (Å²) in [5.74, 6) is -1.64. The first-order valence-electron chi connectivity index (χ1n) is 8.73. The van der Waals surface area contributed by atoms with Crippen molar-refractivity contribution in [1.29, 1.82) is 0 Å². The number of hydrogen-bond acceptors (Lipinski definition) is 13. The highest BCUT2D eigenvalue weighted by atomic mass is 16.7. The van der Waals surface area contributed by atoms with Crippen LogP contribution in [0.1, 0.15) is 0 Å². The van der Waals surface area contributed by atoms with Gasteiger partial charge in [-0.1, -0.05) is 0 Å². The van der Waals surface area contributed by atoms with Crippen molar-refractivity contribution in [2.45, 2.75) is 67.5 Å². The van der Waals surface area contributed by atoms with E-state index in [0.717, 1.165) is 0 Å². The average Bonchev–Trinajstić information content (AvgIpc) is 2.70. The number of aliphatic hydroxyl groups excluding tert-OH is 8. The molecule has 170 valence electrons. The average molecular weight is 430 g/mol. The Labute approximate surface area is 164 Å². The van der Waals surface area contributed by atoms with Gasteiger partial charge in [-0.05, 0) is 0 Å². The van der Waals surface area contributed by atoms with Crippen LogP contribution >= 0.6 is 0 Å². The molecule has 29 heavy (non-hydrogen) atoms. The van der Waals surface area contributed by atoms with Crippen LogP contribution in [0.5, 0.6) is 0 Å². The Balaban J connectivity index is 2.13. The fourth-order valence-electron chi connectivity index (χ4n) is 2.92. The van der Waals surface area contributed by atoms with Gasteiger partial charge in [0.25, 0.3) is 0 Å². The topological polar surface area (TPSA) is 236 Å². The van der Waals surface area contributed by atoms with Crippen LogP contribution in [-0.4, -0.2) is 139 Å². The summed E-state index contributed by atoms with van der Waals surface area (Å²) in [6, 6.07) is 0. The Kier molecular flexibility index (Phi) is 8.65. The molecular weight excluding hydrogens is 404 g/mol. The number of carboxylic acid groups (broad SMARTS) is 1. The molecule has 2 fully saturated rings. The maximum absolute atomic E-state index is 11.5. The van der Waals surface area contributed by atoms with Crippen molar-refractivity contribution in [1.82, 2.24) is 0 Å². The first-order chi connectivity index (χ1) is 13.6. The van der Waals surface area contributed by atoms with Gasteiger partial charge < -0.3 is 64.9 Å². The monoisotopic (exact) mass is 430 g/mol. The number of rotatable bonds is 8. The van der Waals surface area contributed by atoms with Crippen molar-refractivity contribution < 1.29 is 69.7 Å². The maximum atomic E-state index is 11.5. The van der Waals surface area contributed by atoms with E-state index in [-0.39, 0.29) is 0 Å². The minimum atomic E-state index is -1.94. The summed E-state index contributed by atoms with van der Waals surface area (Å²) in [6.45, 7) is -1.96. The summed E-state index contributed by atoms with van der Waals surface area (Å²) >= 11 is 0. The van der Waals surface area contributed by atoms with E-state index in [2.05, 4.69) is 0 Å². The third kappa shape index (κ3) is 5.38. The van der Waals surface area contributed by atoms with Crippen molar-refractivity contribution in [2.75, 3.05) is 19.8 Å². The molecule has 0 aromatic carbocycles. The molecule has 0 saturated carbocycles. The van der Waals surface area contributed by atoms with Gasteiger partial charge in [0.05, 0.1) is 19.8 Å². The van der Waals surface area contributed by atoms with Crippen LogP contribution in [0.25, 0.3) is 0 Å². The largest absolute Gasteiger partial charge is 0.479 e. The second-order valence-corrected chi connectivity index (χ2v) is 6.71. The lowest BCUT2D eigenvalue weighted by atomic mass is 9.97. The van der Waals surface area contributed by atoms with Crippen LogP contribution in [0, 0.1) is 0 Å². The van der Waals surface area contributed by atoms with Gasteiger partial charge in [0.2, 0.25) is 0 Å². The third-order valence-corrected chi connectivity index (χ3v) is 4.59. The zero-order chi connectivity index (χ0) is 21.9. The number of aliphatic hydroxyl groups is 8. The molecule has 1 unspecified atom stereocenters. The Morgan fingerprint density at radius 1 is 0.897 bits per heavy atom. The Morgan fingerprint density at radius 2 is 1.52 bits per heavy atom. The van der Waals surface area contributed by atoms with Gasteiger partial charge in [-0.15, -0.1) is 0 Å². The third-order valence-electron chi connectivity index (χ3n) is 4.59. The molecule has 2 aliphatic rings. The molecule has 14 nitrogen and oxygen atoms in total. The molecule has 0 radical (unpaired) electrons. The zero-order valence-electron chi connectivity index (χ0n) is 15.0. The first-order valence-corrected chi connectivity index (χ1v) is 8.73. The van der Waals surface area contributed by atoms with Crippen LogP contribution in [0.4, 0.5) is 0 Å². The lowest BCUT2D eigenvalue weighted by Gasteiger charge is -2.45. The fraction of sp³-hybridized carbons (Fsp3) is 0.933. The Bertz CT molecular complexity index is 531. The van der Waals surface area contributed by atoms with Crippen LogP contribution < -0.4 is 0 Å². The summed E-state index contributed by atoms with van der Waals surface area (Å²) < 4.78 is 20.4.